The Labute approximate surface area is 192 Å². The molecule has 10 heteroatoms. The fourth-order valence-electron chi connectivity index (χ4n) is 3.26. The van der Waals surface area contributed by atoms with Crippen molar-refractivity contribution in [3.63, 3.8) is 0 Å². The molecule has 32 heavy (non-hydrogen) atoms. The minimum atomic E-state index is -3.70. The Morgan fingerprint density at radius 2 is 1.88 bits per heavy atom. The molecule has 1 fully saturated rings. The summed E-state index contributed by atoms with van der Waals surface area (Å²) in [7, 11) is -3.70. The average Bonchev–Trinajstić information content (AvgIpc) is 2.99. The zero-order valence-corrected chi connectivity index (χ0v) is 19.2. The quantitative estimate of drug-likeness (QED) is 0.474. The smallest absolute Gasteiger partial charge is 0.331 e. The molecule has 0 spiro atoms. The first-order valence-corrected chi connectivity index (χ1v) is 12.1. The summed E-state index contributed by atoms with van der Waals surface area (Å²) in [5.74, 6) is -0.183. The Bertz CT molecular complexity index is 1100. The summed E-state index contributed by atoms with van der Waals surface area (Å²) in [6.07, 6.45) is 6.21. The van der Waals surface area contributed by atoms with Gasteiger partial charge in [0.2, 0.25) is 10.0 Å². The standard InChI is InChI=1S/C22H25ClN2O6S/c1-16-6-7-17(31-16)8-11-22(27)30-15-21(26)24-20-14-18(9-10-19(20)23)32(28,29)25-12-4-2-3-5-13-25/h6-11,14H,2-5,12-13,15H2,1H3,(H,24,26). The summed E-state index contributed by atoms with van der Waals surface area (Å²) in [6.45, 7) is 2.15. The highest BCUT2D eigenvalue weighted by Crippen LogP contribution is 2.28. The summed E-state index contributed by atoms with van der Waals surface area (Å²) >= 11 is 6.13. The van der Waals surface area contributed by atoms with Crippen molar-refractivity contribution in [3.8, 4) is 0 Å². The van der Waals surface area contributed by atoms with Crippen LogP contribution in [-0.4, -0.2) is 44.3 Å². The molecule has 1 aliphatic heterocycles. The van der Waals surface area contributed by atoms with E-state index in [0.717, 1.165) is 31.8 Å². The van der Waals surface area contributed by atoms with E-state index in [4.69, 9.17) is 20.8 Å². The van der Waals surface area contributed by atoms with E-state index in [2.05, 4.69) is 5.32 Å². The van der Waals surface area contributed by atoms with Gasteiger partial charge < -0.3 is 14.5 Å². The molecule has 0 aliphatic carbocycles. The zero-order chi connectivity index (χ0) is 23.1. The molecule has 0 radical (unpaired) electrons. The number of nitrogens with one attached hydrogen (secondary N) is 1. The van der Waals surface area contributed by atoms with Gasteiger partial charge in [-0.15, -0.1) is 0 Å². The number of anilines is 1. The van der Waals surface area contributed by atoms with Crippen LogP contribution in [0.3, 0.4) is 0 Å². The Balaban J connectivity index is 1.61. The van der Waals surface area contributed by atoms with E-state index >= 15 is 0 Å². The van der Waals surface area contributed by atoms with Crippen LogP contribution in [0.2, 0.25) is 5.02 Å². The SMILES string of the molecule is Cc1ccc(C=CC(=O)OCC(=O)Nc2cc(S(=O)(=O)N3CCCCCC3)ccc2Cl)o1. The number of rotatable bonds is 7. The van der Waals surface area contributed by atoms with Gasteiger partial charge in [0.05, 0.1) is 15.6 Å². The maximum Gasteiger partial charge on any atom is 0.331 e. The lowest BCUT2D eigenvalue weighted by molar-refractivity contribution is -0.142. The summed E-state index contributed by atoms with van der Waals surface area (Å²) in [6, 6.07) is 7.60. The number of carbonyl (C=O) groups is 2. The third-order valence-corrected chi connectivity index (χ3v) is 7.13. The molecule has 1 N–H and O–H groups in total. The van der Waals surface area contributed by atoms with Gasteiger partial charge >= 0.3 is 5.97 Å². The van der Waals surface area contributed by atoms with E-state index in [-0.39, 0.29) is 15.6 Å². The van der Waals surface area contributed by atoms with E-state index in [0.29, 0.717) is 24.6 Å². The number of furan rings is 1. The van der Waals surface area contributed by atoms with Crippen molar-refractivity contribution in [2.45, 2.75) is 37.5 Å². The Morgan fingerprint density at radius 1 is 1.16 bits per heavy atom. The monoisotopic (exact) mass is 480 g/mol. The molecule has 1 amide bonds. The number of ether oxygens (including phenoxy) is 1. The number of carbonyl (C=O) groups excluding carboxylic acids is 2. The second-order valence-corrected chi connectivity index (χ2v) is 9.74. The summed E-state index contributed by atoms with van der Waals surface area (Å²) in [5.41, 5.74) is 0.130. The van der Waals surface area contributed by atoms with Crippen molar-refractivity contribution in [1.82, 2.24) is 4.31 Å². The van der Waals surface area contributed by atoms with Gasteiger partial charge in [0.15, 0.2) is 6.61 Å². The van der Waals surface area contributed by atoms with E-state index in [1.54, 1.807) is 19.1 Å². The second kappa shape index (κ2) is 10.8. The molecule has 0 atom stereocenters. The number of hydrogen-bond acceptors (Lipinski definition) is 6. The normalized spacial score (nSPS) is 15.4. The molecule has 1 aromatic heterocycles. The van der Waals surface area contributed by atoms with Crippen molar-refractivity contribution < 1.29 is 27.2 Å². The van der Waals surface area contributed by atoms with Gasteiger partial charge in [-0.1, -0.05) is 24.4 Å². The average molecular weight is 481 g/mol. The maximum absolute atomic E-state index is 13.0. The van der Waals surface area contributed by atoms with Gasteiger partial charge in [0, 0.05) is 19.2 Å². The van der Waals surface area contributed by atoms with E-state index in [1.807, 2.05) is 0 Å². The van der Waals surface area contributed by atoms with Crippen molar-refractivity contribution in [2.24, 2.45) is 0 Å². The predicted molar refractivity (Wildman–Crippen MR) is 121 cm³/mol. The molecule has 1 aromatic carbocycles. The van der Waals surface area contributed by atoms with E-state index in [9.17, 15) is 18.0 Å². The van der Waals surface area contributed by atoms with Crippen LogP contribution >= 0.6 is 11.6 Å². The highest BCUT2D eigenvalue weighted by molar-refractivity contribution is 7.89. The van der Waals surface area contributed by atoms with Gasteiger partial charge in [0.1, 0.15) is 11.5 Å². The minimum Gasteiger partial charge on any atom is -0.462 e. The predicted octanol–water partition coefficient (Wildman–Crippen LogP) is 4.00. The van der Waals surface area contributed by atoms with Crippen LogP contribution in [0.4, 0.5) is 5.69 Å². The Morgan fingerprint density at radius 3 is 2.53 bits per heavy atom. The lowest BCUT2D eigenvalue weighted by atomic mass is 10.2. The lowest BCUT2D eigenvalue weighted by Crippen LogP contribution is -2.32. The second-order valence-electron chi connectivity index (χ2n) is 7.40. The molecule has 2 aromatic rings. The number of halogens is 1. The van der Waals surface area contributed by atoms with Crippen LogP contribution in [0.25, 0.3) is 6.08 Å². The summed E-state index contributed by atoms with van der Waals surface area (Å²) < 4.78 is 37.6. The number of amides is 1. The van der Waals surface area contributed by atoms with Crippen molar-refractivity contribution in [1.29, 1.82) is 0 Å². The molecule has 172 valence electrons. The molecular formula is C22H25ClN2O6S. The van der Waals surface area contributed by atoms with Crippen LogP contribution < -0.4 is 5.32 Å². The zero-order valence-electron chi connectivity index (χ0n) is 17.7. The number of hydrogen-bond donors (Lipinski definition) is 1. The number of esters is 1. The lowest BCUT2D eigenvalue weighted by Gasteiger charge is -2.20. The van der Waals surface area contributed by atoms with Crippen LogP contribution in [-0.2, 0) is 24.3 Å². The van der Waals surface area contributed by atoms with Crippen molar-refractivity contribution >= 4 is 45.3 Å². The fourth-order valence-corrected chi connectivity index (χ4v) is 4.96. The van der Waals surface area contributed by atoms with Gasteiger partial charge in [-0.25, -0.2) is 13.2 Å². The summed E-state index contributed by atoms with van der Waals surface area (Å²) in [5, 5.41) is 2.67. The summed E-state index contributed by atoms with van der Waals surface area (Å²) in [4.78, 5) is 24.0. The maximum atomic E-state index is 13.0. The first-order valence-electron chi connectivity index (χ1n) is 10.3. The van der Waals surface area contributed by atoms with Crippen molar-refractivity contribution in [3.05, 3.63) is 53.0 Å². The number of aryl methyl sites for hydroxylation is 1. The highest BCUT2D eigenvalue weighted by Gasteiger charge is 2.26. The van der Waals surface area contributed by atoms with Gasteiger partial charge in [-0.3, -0.25) is 4.79 Å². The van der Waals surface area contributed by atoms with E-state index < -0.39 is 28.5 Å². The molecule has 1 aliphatic rings. The Kier molecular flexibility index (Phi) is 8.11. The highest BCUT2D eigenvalue weighted by atomic mass is 35.5. The third-order valence-electron chi connectivity index (χ3n) is 4.91. The largest absolute Gasteiger partial charge is 0.462 e. The number of sulfonamides is 1. The molecule has 0 unspecified atom stereocenters. The molecule has 0 bridgehead atoms. The van der Waals surface area contributed by atoms with Gasteiger partial charge in [-0.05, 0) is 56.2 Å². The van der Waals surface area contributed by atoms with Crippen LogP contribution in [0.15, 0.2) is 45.7 Å². The fraction of sp³-hybridized carbons (Fsp3) is 0.364. The number of benzene rings is 1. The van der Waals surface area contributed by atoms with Crippen molar-refractivity contribution in [2.75, 3.05) is 25.0 Å². The van der Waals surface area contributed by atoms with Crippen LogP contribution in [0.1, 0.15) is 37.2 Å². The van der Waals surface area contributed by atoms with Gasteiger partial charge in [-0.2, -0.15) is 4.31 Å². The first kappa shape index (κ1) is 24.0. The molecular weight excluding hydrogens is 456 g/mol. The molecule has 3 rings (SSSR count). The topological polar surface area (TPSA) is 106 Å². The molecule has 0 saturated carbocycles. The first-order chi connectivity index (χ1) is 15.3. The van der Waals surface area contributed by atoms with Crippen LogP contribution in [0.5, 0.6) is 0 Å². The number of nitrogens with zero attached hydrogens (tertiary/aromatic N) is 1. The molecule has 8 nitrogen and oxygen atoms in total. The third kappa shape index (κ3) is 6.44. The van der Waals surface area contributed by atoms with Gasteiger partial charge in [0.25, 0.3) is 5.91 Å². The molecule has 1 saturated heterocycles. The molecule has 2 heterocycles. The van der Waals surface area contributed by atoms with E-state index in [1.165, 1.54) is 28.6 Å². The van der Waals surface area contributed by atoms with Crippen LogP contribution in [0, 0.1) is 6.92 Å². The Hall–Kier alpha value is -2.62. The minimum absolute atomic E-state index is 0.0489.